The minimum Gasteiger partial charge on any atom is -0.399 e. The molecule has 0 heterocycles. The molecule has 2 unspecified atom stereocenters. The Bertz CT molecular complexity index is 401. The smallest absolute Gasteiger partial charge is 0.0722 e. The van der Waals surface area contributed by atoms with Gasteiger partial charge < -0.3 is 11.1 Å². The third-order valence-corrected chi connectivity index (χ3v) is 4.19. The van der Waals surface area contributed by atoms with Crippen LogP contribution in [0.4, 0.5) is 11.4 Å². The first-order valence-corrected chi connectivity index (χ1v) is 7.22. The number of halogens is 2. The molecule has 2 nitrogen and oxygen atoms in total. The van der Waals surface area contributed by atoms with Crippen molar-refractivity contribution in [3.63, 3.8) is 0 Å². The summed E-state index contributed by atoms with van der Waals surface area (Å²) in [6, 6.07) is 3.93. The highest BCUT2D eigenvalue weighted by Crippen LogP contribution is 2.36. The number of hydrogen-bond donors (Lipinski definition) is 2. The van der Waals surface area contributed by atoms with Crippen molar-refractivity contribution in [1.29, 1.82) is 0 Å². The van der Waals surface area contributed by atoms with Crippen LogP contribution in [0.25, 0.3) is 0 Å². The Hall–Kier alpha value is -0.600. The average Bonchev–Trinajstić information content (AvgIpc) is 2.22. The summed E-state index contributed by atoms with van der Waals surface area (Å²) >= 11 is 12.4. The molecule has 1 saturated carbocycles. The van der Waals surface area contributed by atoms with E-state index in [1.807, 2.05) is 0 Å². The molecule has 0 spiro atoms. The van der Waals surface area contributed by atoms with E-state index in [1.54, 1.807) is 12.1 Å². The SMILES string of the molecule is CC1CC(C)CC(Nc2c(Cl)cc(N)cc2Cl)C1. The molecular weight excluding hydrogens is 267 g/mol. The van der Waals surface area contributed by atoms with Crippen LogP contribution in [0.1, 0.15) is 33.1 Å². The molecule has 1 fully saturated rings. The number of rotatable bonds is 2. The first-order chi connectivity index (χ1) is 8.45. The Morgan fingerprint density at radius 3 is 2.06 bits per heavy atom. The van der Waals surface area contributed by atoms with Crippen molar-refractivity contribution in [2.75, 3.05) is 11.1 Å². The van der Waals surface area contributed by atoms with Crippen molar-refractivity contribution in [2.45, 2.75) is 39.2 Å². The van der Waals surface area contributed by atoms with Crippen molar-refractivity contribution in [2.24, 2.45) is 11.8 Å². The van der Waals surface area contributed by atoms with E-state index in [1.165, 1.54) is 19.3 Å². The van der Waals surface area contributed by atoms with E-state index in [2.05, 4.69) is 19.2 Å². The topological polar surface area (TPSA) is 38.0 Å². The molecule has 1 aliphatic carbocycles. The fraction of sp³-hybridized carbons (Fsp3) is 0.571. The first-order valence-electron chi connectivity index (χ1n) is 6.46. The van der Waals surface area contributed by atoms with Crippen LogP contribution in [0, 0.1) is 11.8 Å². The number of nitrogen functional groups attached to an aromatic ring is 1. The molecule has 0 radical (unpaired) electrons. The Morgan fingerprint density at radius 2 is 1.56 bits per heavy atom. The van der Waals surface area contributed by atoms with Crippen LogP contribution in [0.2, 0.25) is 10.0 Å². The summed E-state index contributed by atoms with van der Waals surface area (Å²) < 4.78 is 0. The van der Waals surface area contributed by atoms with E-state index >= 15 is 0 Å². The van der Waals surface area contributed by atoms with Crippen LogP contribution in [0.3, 0.4) is 0 Å². The van der Waals surface area contributed by atoms with Crippen LogP contribution >= 0.6 is 23.2 Å². The second kappa shape index (κ2) is 5.58. The summed E-state index contributed by atoms with van der Waals surface area (Å²) in [7, 11) is 0. The third kappa shape index (κ3) is 3.24. The molecule has 0 aliphatic heterocycles. The maximum Gasteiger partial charge on any atom is 0.0722 e. The molecule has 3 N–H and O–H groups in total. The van der Waals surface area contributed by atoms with Gasteiger partial charge in [-0.25, -0.2) is 0 Å². The van der Waals surface area contributed by atoms with Crippen LogP contribution in [-0.4, -0.2) is 6.04 Å². The fourth-order valence-electron chi connectivity index (χ4n) is 3.00. The van der Waals surface area contributed by atoms with Gasteiger partial charge in [0, 0.05) is 11.7 Å². The normalized spacial score (nSPS) is 28.1. The highest BCUT2D eigenvalue weighted by molar-refractivity contribution is 6.39. The van der Waals surface area contributed by atoms with Crippen LogP contribution in [0.15, 0.2) is 12.1 Å². The van der Waals surface area contributed by atoms with E-state index in [9.17, 15) is 0 Å². The summed E-state index contributed by atoms with van der Waals surface area (Å²) in [6.45, 7) is 4.60. The van der Waals surface area contributed by atoms with Crippen molar-refractivity contribution in [1.82, 2.24) is 0 Å². The van der Waals surface area contributed by atoms with E-state index in [0.717, 1.165) is 17.5 Å². The monoisotopic (exact) mass is 286 g/mol. The molecule has 1 aromatic carbocycles. The predicted molar refractivity (Wildman–Crippen MR) is 80.5 cm³/mol. The van der Waals surface area contributed by atoms with Gasteiger partial charge in [-0.3, -0.25) is 0 Å². The second-order valence-electron chi connectivity index (χ2n) is 5.62. The minimum atomic E-state index is 0.447. The third-order valence-electron chi connectivity index (χ3n) is 3.59. The van der Waals surface area contributed by atoms with Crippen molar-refractivity contribution < 1.29 is 0 Å². The number of nitrogens with one attached hydrogen (secondary N) is 1. The predicted octanol–water partition coefficient (Wildman–Crippen LogP) is 4.81. The molecule has 4 heteroatoms. The van der Waals surface area contributed by atoms with Crippen LogP contribution in [0.5, 0.6) is 0 Å². The van der Waals surface area contributed by atoms with Gasteiger partial charge in [0.1, 0.15) is 0 Å². The molecule has 0 amide bonds. The molecule has 2 atom stereocenters. The van der Waals surface area contributed by atoms with Gasteiger partial charge in [-0.2, -0.15) is 0 Å². The van der Waals surface area contributed by atoms with Gasteiger partial charge in [0.2, 0.25) is 0 Å². The van der Waals surface area contributed by atoms with Gasteiger partial charge in [0.25, 0.3) is 0 Å². The quantitative estimate of drug-likeness (QED) is 0.766. The highest BCUT2D eigenvalue weighted by Gasteiger charge is 2.24. The average molecular weight is 287 g/mol. The van der Waals surface area contributed by atoms with E-state index < -0.39 is 0 Å². The van der Waals surface area contributed by atoms with Crippen LogP contribution < -0.4 is 11.1 Å². The molecule has 100 valence electrons. The zero-order valence-electron chi connectivity index (χ0n) is 10.8. The lowest BCUT2D eigenvalue weighted by Crippen LogP contribution is -2.30. The fourth-order valence-corrected chi connectivity index (χ4v) is 3.61. The first kappa shape index (κ1) is 13.8. The summed E-state index contributed by atoms with van der Waals surface area (Å²) in [5.74, 6) is 1.50. The summed E-state index contributed by atoms with van der Waals surface area (Å²) in [6.07, 6.45) is 3.64. The maximum absolute atomic E-state index is 6.20. The lowest BCUT2D eigenvalue weighted by atomic mass is 9.80. The molecule has 18 heavy (non-hydrogen) atoms. The summed E-state index contributed by atoms with van der Waals surface area (Å²) in [5.41, 5.74) is 7.13. The number of nitrogens with two attached hydrogens (primary N) is 1. The van der Waals surface area contributed by atoms with Gasteiger partial charge in [-0.15, -0.1) is 0 Å². The minimum absolute atomic E-state index is 0.447. The van der Waals surface area contributed by atoms with Crippen LogP contribution in [-0.2, 0) is 0 Å². The lowest BCUT2D eigenvalue weighted by molar-refractivity contribution is 0.281. The lowest BCUT2D eigenvalue weighted by Gasteiger charge is -2.33. The Morgan fingerprint density at radius 1 is 1.06 bits per heavy atom. The van der Waals surface area contributed by atoms with Gasteiger partial charge in [-0.1, -0.05) is 37.0 Å². The number of hydrogen-bond acceptors (Lipinski definition) is 2. The highest BCUT2D eigenvalue weighted by atomic mass is 35.5. The Labute approximate surface area is 119 Å². The molecule has 0 aromatic heterocycles. The van der Waals surface area contributed by atoms with Gasteiger partial charge >= 0.3 is 0 Å². The second-order valence-corrected chi connectivity index (χ2v) is 6.43. The van der Waals surface area contributed by atoms with Gasteiger partial charge in [-0.05, 0) is 43.2 Å². The Kier molecular flexibility index (Phi) is 4.29. The Balaban J connectivity index is 2.14. The number of anilines is 2. The van der Waals surface area contributed by atoms with Crippen molar-refractivity contribution in [3.8, 4) is 0 Å². The molecule has 1 aliphatic rings. The largest absolute Gasteiger partial charge is 0.399 e. The zero-order valence-corrected chi connectivity index (χ0v) is 12.4. The van der Waals surface area contributed by atoms with Crippen molar-refractivity contribution in [3.05, 3.63) is 22.2 Å². The standard InChI is InChI=1S/C14H20Cl2N2/c1-8-3-9(2)5-11(4-8)18-14-12(15)6-10(17)7-13(14)16/h6-9,11,18H,3-5,17H2,1-2H3. The van der Waals surface area contributed by atoms with E-state index in [0.29, 0.717) is 21.8 Å². The number of benzene rings is 1. The molecular formula is C14H20Cl2N2. The molecule has 2 rings (SSSR count). The van der Waals surface area contributed by atoms with E-state index in [4.69, 9.17) is 28.9 Å². The van der Waals surface area contributed by atoms with E-state index in [-0.39, 0.29) is 0 Å². The molecule has 0 bridgehead atoms. The van der Waals surface area contributed by atoms with Gasteiger partial charge in [0.05, 0.1) is 15.7 Å². The maximum atomic E-state index is 6.20. The van der Waals surface area contributed by atoms with Crippen molar-refractivity contribution >= 4 is 34.6 Å². The summed E-state index contributed by atoms with van der Waals surface area (Å²) in [4.78, 5) is 0. The summed E-state index contributed by atoms with van der Waals surface area (Å²) in [5, 5.41) is 4.69. The van der Waals surface area contributed by atoms with Gasteiger partial charge in [0.15, 0.2) is 0 Å². The molecule has 1 aromatic rings. The molecule has 0 saturated heterocycles. The zero-order chi connectivity index (χ0) is 13.3.